The van der Waals surface area contributed by atoms with E-state index in [2.05, 4.69) is 29.3 Å². The minimum absolute atomic E-state index is 0.731. The average molecular weight is 196 g/mol. The van der Waals surface area contributed by atoms with Crippen molar-refractivity contribution in [3.8, 4) is 0 Å². The zero-order valence-electron chi connectivity index (χ0n) is 9.40. The van der Waals surface area contributed by atoms with E-state index in [0.29, 0.717) is 0 Å². The third-order valence-electron chi connectivity index (χ3n) is 2.41. The van der Waals surface area contributed by atoms with E-state index in [1.807, 2.05) is 7.05 Å². The third kappa shape index (κ3) is 3.44. The largest absolute Gasteiger partial charge is 0.175 e. The fraction of sp³-hybridized carbons (Fsp3) is 0.900. The Morgan fingerprint density at radius 3 is 2.29 bits per heavy atom. The van der Waals surface area contributed by atoms with Gasteiger partial charge in [-0.25, -0.2) is 0 Å². The first kappa shape index (κ1) is 11.1. The summed E-state index contributed by atoms with van der Waals surface area (Å²) in [5, 5.41) is 12.1. The van der Waals surface area contributed by atoms with Gasteiger partial charge in [0.1, 0.15) is 0 Å². The number of nitrogens with zero attached hydrogens (tertiary/aromatic N) is 4. The van der Waals surface area contributed by atoms with E-state index in [1.165, 1.54) is 30.5 Å². The summed E-state index contributed by atoms with van der Waals surface area (Å²) in [7, 11) is 1.81. The maximum Gasteiger partial charge on any atom is 0.175 e. The van der Waals surface area contributed by atoms with Gasteiger partial charge >= 0.3 is 0 Å². The van der Waals surface area contributed by atoms with Crippen LogP contribution in [0.3, 0.4) is 0 Å². The molecule has 14 heavy (non-hydrogen) atoms. The molecule has 0 saturated heterocycles. The van der Waals surface area contributed by atoms with Crippen molar-refractivity contribution in [2.45, 2.75) is 46.0 Å². The lowest BCUT2D eigenvalue weighted by molar-refractivity contribution is 0.428. The Hall–Kier alpha value is -0.930. The predicted molar refractivity (Wildman–Crippen MR) is 55.8 cm³/mol. The molecule has 1 aromatic rings. The average Bonchev–Trinajstić information content (AvgIpc) is 2.52. The lowest BCUT2D eigenvalue weighted by Crippen LogP contribution is -2.06. The number of rotatable bonds is 6. The maximum atomic E-state index is 4.21. The summed E-state index contributed by atoms with van der Waals surface area (Å²) in [6.45, 7) is 4.46. The number of tetrazole rings is 1. The Morgan fingerprint density at radius 1 is 1.21 bits per heavy atom. The molecule has 1 aromatic heterocycles. The second-order valence-corrected chi connectivity index (χ2v) is 3.84. The summed E-state index contributed by atoms with van der Waals surface area (Å²) in [5.74, 6) is 1.62. The molecule has 0 atom stereocenters. The molecule has 0 bridgehead atoms. The molecule has 0 amide bonds. The van der Waals surface area contributed by atoms with Gasteiger partial charge in [-0.2, -0.15) is 4.80 Å². The molecule has 80 valence electrons. The SMILES string of the molecule is CCCC(CCC)Cc1nnn(C)n1. The molecule has 0 saturated carbocycles. The first-order chi connectivity index (χ1) is 6.76. The van der Waals surface area contributed by atoms with Crippen LogP contribution in [0.1, 0.15) is 45.4 Å². The number of aryl methyl sites for hydroxylation is 1. The Balaban J connectivity index is 2.46. The van der Waals surface area contributed by atoms with E-state index in [9.17, 15) is 0 Å². The van der Waals surface area contributed by atoms with Crippen molar-refractivity contribution >= 4 is 0 Å². The quantitative estimate of drug-likeness (QED) is 0.698. The Labute approximate surface area is 85.7 Å². The molecule has 4 nitrogen and oxygen atoms in total. The second kappa shape index (κ2) is 5.73. The summed E-state index contributed by atoms with van der Waals surface area (Å²) in [6, 6.07) is 0. The van der Waals surface area contributed by atoms with E-state index < -0.39 is 0 Å². The normalized spacial score (nSPS) is 11.1. The van der Waals surface area contributed by atoms with Gasteiger partial charge in [-0.15, -0.1) is 10.2 Å². The lowest BCUT2D eigenvalue weighted by Gasteiger charge is -2.11. The second-order valence-electron chi connectivity index (χ2n) is 3.84. The highest BCUT2D eigenvalue weighted by atomic mass is 15.6. The first-order valence-electron chi connectivity index (χ1n) is 5.49. The van der Waals surface area contributed by atoms with Crippen molar-refractivity contribution in [1.82, 2.24) is 20.2 Å². The van der Waals surface area contributed by atoms with Gasteiger partial charge in [0.05, 0.1) is 7.05 Å². The summed E-state index contributed by atoms with van der Waals surface area (Å²) in [5.41, 5.74) is 0. The van der Waals surface area contributed by atoms with E-state index in [1.54, 1.807) is 0 Å². The highest BCUT2D eigenvalue weighted by Crippen LogP contribution is 2.16. The Kier molecular flexibility index (Phi) is 4.56. The minimum Gasteiger partial charge on any atom is -0.167 e. The topological polar surface area (TPSA) is 43.6 Å². The lowest BCUT2D eigenvalue weighted by atomic mass is 9.95. The van der Waals surface area contributed by atoms with Crippen LogP contribution in [0.15, 0.2) is 0 Å². The summed E-state index contributed by atoms with van der Waals surface area (Å²) in [6.07, 6.45) is 6.00. The Bertz CT molecular complexity index is 250. The van der Waals surface area contributed by atoms with Crippen LogP contribution < -0.4 is 0 Å². The van der Waals surface area contributed by atoms with Gasteiger partial charge < -0.3 is 0 Å². The van der Waals surface area contributed by atoms with E-state index in [4.69, 9.17) is 0 Å². The predicted octanol–water partition coefficient (Wildman–Crippen LogP) is 1.97. The molecule has 0 fully saturated rings. The molecule has 0 aromatic carbocycles. The molecule has 0 radical (unpaired) electrons. The highest BCUT2D eigenvalue weighted by molar-refractivity contribution is 4.80. The van der Waals surface area contributed by atoms with Crippen molar-refractivity contribution < 1.29 is 0 Å². The van der Waals surface area contributed by atoms with E-state index in [0.717, 1.165) is 18.2 Å². The molecule has 4 heteroatoms. The van der Waals surface area contributed by atoms with Gasteiger partial charge in [-0.3, -0.25) is 0 Å². The summed E-state index contributed by atoms with van der Waals surface area (Å²) in [4.78, 5) is 1.53. The van der Waals surface area contributed by atoms with Crippen molar-refractivity contribution in [2.24, 2.45) is 13.0 Å². The monoisotopic (exact) mass is 196 g/mol. The summed E-state index contributed by atoms with van der Waals surface area (Å²) < 4.78 is 0. The van der Waals surface area contributed by atoms with E-state index in [-0.39, 0.29) is 0 Å². The molecule has 0 unspecified atom stereocenters. The van der Waals surface area contributed by atoms with Gasteiger partial charge in [0, 0.05) is 6.42 Å². The minimum atomic E-state index is 0.731. The maximum absolute atomic E-state index is 4.21. The van der Waals surface area contributed by atoms with Crippen LogP contribution in [0.4, 0.5) is 0 Å². The van der Waals surface area contributed by atoms with Gasteiger partial charge in [0.2, 0.25) is 0 Å². The van der Waals surface area contributed by atoms with Crippen LogP contribution in [0.2, 0.25) is 0 Å². The Morgan fingerprint density at radius 2 is 1.86 bits per heavy atom. The van der Waals surface area contributed by atoms with Crippen LogP contribution in [-0.4, -0.2) is 20.2 Å². The molecule has 1 heterocycles. The number of aromatic nitrogens is 4. The van der Waals surface area contributed by atoms with Crippen LogP contribution in [0, 0.1) is 5.92 Å². The molecule has 1 rings (SSSR count). The molecule has 0 aliphatic rings. The van der Waals surface area contributed by atoms with Crippen LogP contribution >= 0.6 is 0 Å². The van der Waals surface area contributed by atoms with Crippen molar-refractivity contribution in [2.75, 3.05) is 0 Å². The zero-order chi connectivity index (χ0) is 10.4. The smallest absolute Gasteiger partial charge is 0.167 e. The zero-order valence-corrected chi connectivity index (χ0v) is 9.40. The third-order valence-corrected chi connectivity index (χ3v) is 2.41. The summed E-state index contributed by atoms with van der Waals surface area (Å²) >= 11 is 0. The van der Waals surface area contributed by atoms with Crippen LogP contribution in [0.25, 0.3) is 0 Å². The molecule has 0 aliphatic carbocycles. The van der Waals surface area contributed by atoms with E-state index >= 15 is 0 Å². The number of hydrogen-bond acceptors (Lipinski definition) is 3. The van der Waals surface area contributed by atoms with Crippen molar-refractivity contribution in [1.29, 1.82) is 0 Å². The van der Waals surface area contributed by atoms with Crippen LogP contribution in [-0.2, 0) is 13.5 Å². The molecule has 0 spiro atoms. The fourth-order valence-electron chi connectivity index (χ4n) is 1.83. The molecule has 0 N–H and O–H groups in total. The molecular weight excluding hydrogens is 176 g/mol. The molecular formula is C10H20N4. The van der Waals surface area contributed by atoms with Gasteiger partial charge in [0.25, 0.3) is 0 Å². The van der Waals surface area contributed by atoms with Gasteiger partial charge in [-0.1, -0.05) is 39.5 Å². The highest BCUT2D eigenvalue weighted by Gasteiger charge is 2.11. The first-order valence-corrected chi connectivity index (χ1v) is 5.49. The standard InChI is InChI=1S/C10H20N4/c1-4-6-9(7-5-2)8-10-11-13-14(3)12-10/h9H,4-8H2,1-3H3. The van der Waals surface area contributed by atoms with Crippen LogP contribution in [0.5, 0.6) is 0 Å². The number of hydrogen-bond donors (Lipinski definition) is 0. The van der Waals surface area contributed by atoms with Gasteiger partial charge in [-0.05, 0) is 11.1 Å². The fourth-order valence-corrected chi connectivity index (χ4v) is 1.83. The van der Waals surface area contributed by atoms with Crippen molar-refractivity contribution in [3.05, 3.63) is 5.82 Å². The van der Waals surface area contributed by atoms with Gasteiger partial charge in [0.15, 0.2) is 5.82 Å². The molecule has 0 aliphatic heterocycles. The van der Waals surface area contributed by atoms with Crippen molar-refractivity contribution in [3.63, 3.8) is 0 Å².